The molecular formula is C62H34Cl2N6. The molecule has 10 aromatic carbocycles. The summed E-state index contributed by atoms with van der Waals surface area (Å²) in [6, 6.07) is 68.1. The number of H-pyrrole nitrogens is 2. The van der Waals surface area contributed by atoms with Crippen LogP contribution in [-0.4, -0.2) is 29.9 Å². The first kappa shape index (κ1) is 39.3. The van der Waals surface area contributed by atoms with Gasteiger partial charge in [-0.25, -0.2) is 19.9 Å². The number of halogens is 2. The van der Waals surface area contributed by atoms with Crippen LogP contribution in [0.15, 0.2) is 194 Å². The SMILES string of the molecule is Clc1ccc(-c2c3nc(c(-c4ccc(Cl)cc4)c4[nH]c(nc5nc(nc6[nH]c2c2cc7ccccc7cc62)-c2cc6ccccc6cc2-5)c2cc5ccccc5cc42)-c2cc4ccccc4cc2-3)cc1. The van der Waals surface area contributed by atoms with Crippen molar-refractivity contribution in [2.45, 2.75) is 0 Å². The third kappa shape index (κ3) is 6.00. The number of fused-ring (bicyclic) bond motifs is 24. The fourth-order valence-corrected chi connectivity index (χ4v) is 11.1. The molecule has 0 fully saturated rings. The summed E-state index contributed by atoms with van der Waals surface area (Å²) >= 11 is 13.4. The first-order valence-electron chi connectivity index (χ1n) is 23.2. The van der Waals surface area contributed by atoms with Gasteiger partial charge in [-0.1, -0.05) is 145 Å². The molecule has 2 aliphatic heterocycles. The monoisotopic (exact) mass is 932 g/mol. The predicted octanol–water partition coefficient (Wildman–Crippen LogP) is 17.3. The molecule has 0 atom stereocenters. The van der Waals surface area contributed by atoms with Gasteiger partial charge in [0.15, 0.2) is 11.6 Å². The second-order valence-corrected chi connectivity index (χ2v) is 19.1. The largest absolute Gasteiger partial charge is 0.339 e. The van der Waals surface area contributed by atoms with E-state index in [0.717, 1.165) is 132 Å². The van der Waals surface area contributed by atoms with Gasteiger partial charge in [0.05, 0.1) is 22.4 Å². The van der Waals surface area contributed by atoms with Crippen molar-refractivity contribution in [2.24, 2.45) is 0 Å². The molecule has 2 N–H and O–H groups in total. The minimum atomic E-state index is 0.572. The highest BCUT2D eigenvalue weighted by molar-refractivity contribution is 6.31. The van der Waals surface area contributed by atoms with Crippen molar-refractivity contribution < 1.29 is 0 Å². The molecular weight excluding hydrogens is 900 g/mol. The number of hydrogen-bond donors (Lipinski definition) is 2. The zero-order valence-corrected chi connectivity index (χ0v) is 38.5. The molecule has 8 heteroatoms. The molecule has 0 spiro atoms. The van der Waals surface area contributed by atoms with Gasteiger partial charge < -0.3 is 9.97 Å². The first-order chi connectivity index (χ1) is 34.5. The van der Waals surface area contributed by atoms with E-state index in [4.69, 9.17) is 43.1 Å². The van der Waals surface area contributed by atoms with Gasteiger partial charge in [0, 0.05) is 65.0 Å². The highest BCUT2D eigenvalue weighted by Gasteiger charge is 2.28. The van der Waals surface area contributed by atoms with Gasteiger partial charge in [-0.2, -0.15) is 0 Å². The van der Waals surface area contributed by atoms with Crippen molar-refractivity contribution in [3.8, 4) is 67.5 Å². The molecule has 0 saturated heterocycles. The number of rotatable bonds is 2. The second kappa shape index (κ2) is 14.9. The van der Waals surface area contributed by atoms with Gasteiger partial charge in [-0.3, -0.25) is 0 Å². The van der Waals surface area contributed by atoms with Crippen LogP contribution < -0.4 is 0 Å². The Morgan fingerprint density at radius 3 is 0.971 bits per heavy atom. The Bertz CT molecular complexity index is 4320. The lowest BCUT2D eigenvalue weighted by molar-refractivity contribution is 1.22. The third-order valence-corrected chi connectivity index (χ3v) is 14.7. The Balaban J connectivity index is 1.24. The Hall–Kier alpha value is -8.68. The van der Waals surface area contributed by atoms with Gasteiger partial charge in [0.25, 0.3) is 0 Å². The summed E-state index contributed by atoms with van der Waals surface area (Å²) < 4.78 is 0. The molecule has 326 valence electrons. The van der Waals surface area contributed by atoms with E-state index in [-0.39, 0.29) is 0 Å². The van der Waals surface area contributed by atoms with Crippen LogP contribution in [0.3, 0.4) is 0 Å². The van der Waals surface area contributed by atoms with E-state index in [9.17, 15) is 0 Å². The van der Waals surface area contributed by atoms with Crippen LogP contribution in [0.5, 0.6) is 0 Å². The smallest absolute Gasteiger partial charge is 0.164 e. The average molecular weight is 934 g/mol. The van der Waals surface area contributed by atoms with Crippen LogP contribution in [-0.2, 0) is 0 Å². The Morgan fingerprint density at radius 1 is 0.300 bits per heavy atom. The van der Waals surface area contributed by atoms with Crippen LogP contribution in [0, 0.1) is 0 Å². The molecule has 0 amide bonds. The first-order valence-corrected chi connectivity index (χ1v) is 24.0. The normalized spacial score (nSPS) is 12.1. The summed E-state index contributed by atoms with van der Waals surface area (Å²) in [5, 5.41) is 14.1. The summed E-state index contributed by atoms with van der Waals surface area (Å²) in [6.07, 6.45) is 0. The lowest BCUT2D eigenvalue weighted by Crippen LogP contribution is -1.87. The fourth-order valence-electron chi connectivity index (χ4n) is 10.9. The molecule has 0 radical (unpaired) electrons. The molecule has 0 unspecified atom stereocenters. The lowest BCUT2D eigenvalue weighted by Gasteiger charge is -2.10. The highest BCUT2D eigenvalue weighted by atomic mass is 35.5. The average Bonchev–Trinajstić information content (AvgIpc) is 4.13. The van der Waals surface area contributed by atoms with Gasteiger partial charge in [0.1, 0.15) is 11.3 Å². The van der Waals surface area contributed by atoms with Crippen LogP contribution >= 0.6 is 23.2 Å². The third-order valence-electron chi connectivity index (χ3n) is 14.2. The summed E-state index contributed by atoms with van der Waals surface area (Å²) in [7, 11) is 0. The molecule has 0 saturated carbocycles. The molecule has 0 aliphatic carbocycles. The maximum absolute atomic E-state index is 6.70. The Labute approximate surface area is 409 Å². The van der Waals surface area contributed by atoms with Crippen molar-refractivity contribution in [3.05, 3.63) is 204 Å². The number of aromatic amines is 2. The maximum Gasteiger partial charge on any atom is 0.164 e. The van der Waals surface area contributed by atoms with Crippen molar-refractivity contribution in [3.63, 3.8) is 0 Å². The fraction of sp³-hybridized carbons (Fsp3) is 0. The molecule has 3 aromatic heterocycles. The molecule has 70 heavy (non-hydrogen) atoms. The molecule has 15 rings (SSSR count). The zero-order chi connectivity index (χ0) is 46.2. The van der Waals surface area contributed by atoms with Gasteiger partial charge in [0.2, 0.25) is 0 Å². The van der Waals surface area contributed by atoms with Crippen LogP contribution in [0.1, 0.15) is 0 Å². The van der Waals surface area contributed by atoms with Gasteiger partial charge in [-0.05, 0) is 127 Å². The number of hydrogen-bond acceptors (Lipinski definition) is 4. The number of nitrogens with zero attached hydrogens (tertiary/aromatic N) is 4. The predicted molar refractivity (Wildman–Crippen MR) is 291 cm³/mol. The quantitative estimate of drug-likeness (QED) is 0.181. The number of benzene rings is 10. The van der Waals surface area contributed by atoms with Gasteiger partial charge >= 0.3 is 0 Å². The van der Waals surface area contributed by atoms with Crippen LogP contribution in [0.25, 0.3) is 155 Å². The van der Waals surface area contributed by atoms with Crippen molar-refractivity contribution in [1.82, 2.24) is 29.9 Å². The molecule has 8 bridgehead atoms. The van der Waals surface area contributed by atoms with E-state index in [1.807, 2.05) is 24.3 Å². The topological polar surface area (TPSA) is 83.1 Å². The zero-order valence-electron chi connectivity index (χ0n) is 37.0. The molecule has 6 nitrogen and oxygen atoms in total. The van der Waals surface area contributed by atoms with Crippen LogP contribution in [0.4, 0.5) is 0 Å². The molecule has 2 aliphatic rings. The second-order valence-electron chi connectivity index (χ2n) is 18.2. The standard InChI is InChI=1S/C62H34Cl2N6/c63-43-21-17-33(18-22-43)53-55-45-25-35-9-1-2-10-36(35)26-46(45)56(65-55)54(34-19-23-44(64)24-20-34)58-48-28-38-12-4-6-14-40(38)30-50(48)60(67-58)69-62-52-32-42-16-8-7-15-41(42)31-51(52)61(70-62)68-59-49-29-39-13-5-3-11-37(39)27-47(49)57(53)66-59/h1-32H,(H2,66,67,68,69,70). The minimum Gasteiger partial charge on any atom is -0.339 e. The highest BCUT2D eigenvalue weighted by Crippen LogP contribution is 2.50. The summed E-state index contributed by atoms with van der Waals surface area (Å²) in [5.74, 6) is 1.14. The van der Waals surface area contributed by atoms with E-state index in [2.05, 4.69) is 180 Å². The minimum absolute atomic E-state index is 0.572. The summed E-state index contributed by atoms with van der Waals surface area (Å²) in [6.45, 7) is 0. The van der Waals surface area contributed by atoms with Crippen molar-refractivity contribution >= 4 is 110 Å². The van der Waals surface area contributed by atoms with Crippen LogP contribution in [0.2, 0.25) is 10.0 Å². The lowest BCUT2D eigenvalue weighted by atomic mass is 9.92. The number of aromatic nitrogens is 6. The van der Waals surface area contributed by atoms with Crippen molar-refractivity contribution in [1.29, 1.82) is 0 Å². The van der Waals surface area contributed by atoms with E-state index in [1.165, 1.54) is 0 Å². The molecule has 13 aromatic rings. The van der Waals surface area contributed by atoms with Gasteiger partial charge in [-0.15, -0.1) is 0 Å². The van der Waals surface area contributed by atoms with E-state index in [1.54, 1.807) is 0 Å². The summed E-state index contributed by atoms with van der Waals surface area (Å²) in [4.78, 5) is 30.3. The van der Waals surface area contributed by atoms with E-state index in [0.29, 0.717) is 33.0 Å². The van der Waals surface area contributed by atoms with E-state index < -0.39 is 0 Å². The molecule has 5 heterocycles. The Morgan fingerprint density at radius 2 is 0.614 bits per heavy atom. The maximum atomic E-state index is 6.70. The van der Waals surface area contributed by atoms with E-state index >= 15 is 0 Å². The Kier molecular flexibility index (Phi) is 8.38. The van der Waals surface area contributed by atoms with Crippen molar-refractivity contribution in [2.75, 3.05) is 0 Å². The summed E-state index contributed by atoms with van der Waals surface area (Å²) in [5.41, 5.74) is 12.3. The number of nitrogens with one attached hydrogen (secondary N) is 2.